The van der Waals surface area contributed by atoms with Crippen LogP contribution in [0, 0.1) is 11.6 Å². The number of nitrogens with zero attached hydrogens (tertiary/aromatic N) is 1. The lowest BCUT2D eigenvalue weighted by atomic mass is 10.1. The number of hydrogen-bond acceptors (Lipinski definition) is 2. The molecule has 0 bridgehead atoms. The number of hydrogen-bond donors (Lipinski definition) is 0. The topological polar surface area (TPSA) is 20.3 Å². The number of unbranched alkanes of at least 4 members (excludes halogenated alkanes) is 1. The lowest BCUT2D eigenvalue weighted by Crippen LogP contribution is -2.23. The minimum Gasteiger partial charge on any atom is -0.306 e. The molecule has 0 aliphatic heterocycles. The molecule has 0 saturated heterocycles. The third kappa shape index (κ3) is 4.18. The van der Waals surface area contributed by atoms with E-state index in [9.17, 15) is 13.6 Å². The minimum atomic E-state index is -1.04. The quantitative estimate of drug-likeness (QED) is 0.697. The number of ketones is 1. The van der Waals surface area contributed by atoms with Crippen molar-refractivity contribution in [3.8, 4) is 0 Å². The molecular formula is C14H19F2NO. The van der Waals surface area contributed by atoms with Gasteiger partial charge in [0.2, 0.25) is 0 Å². The van der Waals surface area contributed by atoms with Gasteiger partial charge in [-0.3, -0.25) is 4.79 Å². The molecule has 0 aliphatic rings. The molecule has 2 nitrogen and oxygen atoms in total. The van der Waals surface area contributed by atoms with Crippen molar-refractivity contribution in [2.75, 3.05) is 20.1 Å². The smallest absolute Gasteiger partial charge is 0.169 e. The van der Waals surface area contributed by atoms with Crippen molar-refractivity contribution in [1.82, 2.24) is 4.90 Å². The number of carbonyl (C=O) groups excluding carboxylic acids is 1. The summed E-state index contributed by atoms with van der Waals surface area (Å²) in [6.07, 6.45) is 2.37. The predicted octanol–water partition coefficient (Wildman–Crippen LogP) is 3.27. The molecule has 1 aromatic rings. The SMILES string of the molecule is CCCCN(C)CCC(=O)c1cccc(F)c1F. The van der Waals surface area contributed by atoms with Crippen LogP contribution in [0.25, 0.3) is 0 Å². The monoisotopic (exact) mass is 255 g/mol. The van der Waals surface area contributed by atoms with Crippen molar-refractivity contribution in [2.45, 2.75) is 26.2 Å². The van der Waals surface area contributed by atoms with Crippen LogP contribution in [-0.4, -0.2) is 30.8 Å². The Morgan fingerprint density at radius 1 is 1.28 bits per heavy atom. The van der Waals surface area contributed by atoms with Gasteiger partial charge in [0.1, 0.15) is 0 Å². The van der Waals surface area contributed by atoms with Crippen molar-refractivity contribution in [2.24, 2.45) is 0 Å². The van der Waals surface area contributed by atoms with Crippen molar-refractivity contribution in [3.63, 3.8) is 0 Å². The molecule has 0 spiro atoms. The zero-order valence-corrected chi connectivity index (χ0v) is 10.9. The largest absolute Gasteiger partial charge is 0.306 e. The number of halogens is 2. The maximum atomic E-state index is 13.4. The summed E-state index contributed by atoms with van der Waals surface area (Å²) in [5.74, 6) is -2.37. The zero-order chi connectivity index (χ0) is 13.5. The Balaban J connectivity index is 2.53. The molecule has 100 valence electrons. The third-order valence-electron chi connectivity index (χ3n) is 2.87. The Morgan fingerprint density at radius 2 is 2.00 bits per heavy atom. The van der Waals surface area contributed by atoms with E-state index >= 15 is 0 Å². The van der Waals surface area contributed by atoms with Gasteiger partial charge in [0, 0.05) is 13.0 Å². The molecular weight excluding hydrogens is 236 g/mol. The Hall–Kier alpha value is -1.29. The first kappa shape index (κ1) is 14.8. The maximum absolute atomic E-state index is 13.4. The van der Waals surface area contributed by atoms with Crippen LogP contribution in [0.4, 0.5) is 8.78 Å². The Kier molecular flexibility index (Phi) is 5.92. The highest BCUT2D eigenvalue weighted by Gasteiger charge is 2.15. The van der Waals surface area contributed by atoms with Gasteiger partial charge >= 0.3 is 0 Å². The van der Waals surface area contributed by atoms with Crippen molar-refractivity contribution < 1.29 is 13.6 Å². The molecule has 0 fully saturated rings. The van der Waals surface area contributed by atoms with Crippen LogP contribution >= 0.6 is 0 Å². The summed E-state index contributed by atoms with van der Waals surface area (Å²) >= 11 is 0. The van der Waals surface area contributed by atoms with E-state index < -0.39 is 11.6 Å². The Morgan fingerprint density at radius 3 is 2.67 bits per heavy atom. The van der Waals surface area contributed by atoms with E-state index in [-0.39, 0.29) is 17.8 Å². The van der Waals surface area contributed by atoms with Gasteiger partial charge in [-0.25, -0.2) is 8.78 Å². The van der Waals surface area contributed by atoms with Gasteiger partial charge in [0.05, 0.1) is 5.56 Å². The molecule has 0 unspecified atom stereocenters. The van der Waals surface area contributed by atoms with Gasteiger partial charge in [-0.15, -0.1) is 0 Å². The number of benzene rings is 1. The molecule has 0 saturated carbocycles. The van der Waals surface area contributed by atoms with Gasteiger partial charge in [0.15, 0.2) is 17.4 Å². The molecule has 0 aliphatic carbocycles. The average molecular weight is 255 g/mol. The number of Topliss-reactive ketones (excluding diaryl/α,β-unsaturated/α-hetero) is 1. The van der Waals surface area contributed by atoms with Crippen molar-refractivity contribution >= 4 is 5.78 Å². The minimum absolute atomic E-state index is 0.154. The first-order valence-electron chi connectivity index (χ1n) is 6.22. The Bertz CT molecular complexity index is 407. The fourth-order valence-corrected chi connectivity index (χ4v) is 1.69. The second kappa shape index (κ2) is 7.21. The van der Waals surface area contributed by atoms with Crippen molar-refractivity contribution in [1.29, 1.82) is 0 Å². The van der Waals surface area contributed by atoms with Gasteiger partial charge < -0.3 is 4.90 Å². The molecule has 0 heterocycles. The average Bonchev–Trinajstić information content (AvgIpc) is 2.36. The molecule has 0 radical (unpaired) electrons. The van der Waals surface area contributed by atoms with Crippen LogP contribution in [-0.2, 0) is 0 Å². The van der Waals surface area contributed by atoms with Crippen LogP contribution in [0.2, 0.25) is 0 Å². The van der Waals surface area contributed by atoms with Crippen LogP contribution in [0.5, 0.6) is 0 Å². The van der Waals surface area contributed by atoms with E-state index in [2.05, 4.69) is 6.92 Å². The van der Waals surface area contributed by atoms with Crippen LogP contribution < -0.4 is 0 Å². The predicted molar refractivity (Wildman–Crippen MR) is 67.7 cm³/mol. The van der Waals surface area contributed by atoms with E-state index in [1.54, 1.807) is 0 Å². The number of carbonyl (C=O) groups is 1. The zero-order valence-electron chi connectivity index (χ0n) is 10.9. The van der Waals surface area contributed by atoms with Gasteiger partial charge in [0.25, 0.3) is 0 Å². The normalized spacial score (nSPS) is 10.9. The summed E-state index contributed by atoms with van der Waals surface area (Å²) in [7, 11) is 1.92. The van der Waals surface area contributed by atoms with E-state index in [1.807, 2.05) is 11.9 Å². The van der Waals surface area contributed by atoms with Crippen LogP contribution in [0.15, 0.2) is 18.2 Å². The van der Waals surface area contributed by atoms with E-state index in [4.69, 9.17) is 0 Å². The first-order valence-corrected chi connectivity index (χ1v) is 6.22. The van der Waals surface area contributed by atoms with Gasteiger partial charge in [-0.1, -0.05) is 19.4 Å². The molecule has 18 heavy (non-hydrogen) atoms. The molecule has 0 aromatic heterocycles. The second-order valence-corrected chi connectivity index (χ2v) is 4.43. The molecule has 1 rings (SSSR count). The lowest BCUT2D eigenvalue weighted by Gasteiger charge is -2.15. The molecule has 4 heteroatoms. The molecule has 0 N–H and O–H groups in total. The first-order chi connectivity index (χ1) is 8.56. The standard InChI is InChI=1S/C14H19F2NO/c1-3-4-9-17(2)10-8-13(18)11-6-5-7-12(15)14(11)16/h5-7H,3-4,8-10H2,1-2H3. The summed E-state index contributed by atoms with van der Waals surface area (Å²) in [5, 5.41) is 0. The van der Waals surface area contributed by atoms with Gasteiger partial charge in [-0.05, 0) is 32.1 Å². The number of rotatable bonds is 7. The van der Waals surface area contributed by atoms with Gasteiger partial charge in [-0.2, -0.15) is 0 Å². The summed E-state index contributed by atoms with van der Waals surface area (Å²) in [6, 6.07) is 3.69. The van der Waals surface area contributed by atoms with E-state index in [0.29, 0.717) is 6.54 Å². The van der Waals surface area contributed by atoms with Crippen LogP contribution in [0.1, 0.15) is 36.5 Å². The highest BCUT2D eigenvalue weighted by Crippen LogP contribution is 2.13. The second-order valence-electron chi connectivity index (χ2n) is 4.43. The maximum Gasteiger partial charge on any atom is 0.169 e. The van der Waals surface area contributed by atoms with Crippen molar-refractivity contribution in [3.05, 3.63) is 35.4 Å². The summed E-state index contributed by atoms with van der Waals surface area (Å²) in [6.45, 7) is 3.57. The fraction of sp³-hybridized carbons (Fsp3) is 0.500. The molecule has 1 aromatic carbocycles. The highest BCUT2D eigenvalue weighted by atomic mass is 19.2. The Labute approximate surface area is 107 Å². The molecule has 0 atom stereocenters. The summed E-state index contributed by atoms with van der Waals surface area (Å²) in [4.78, 5) is 13.8. The lowest BCUT2D eigenvalue weighted by molar-refractivity contribution is 0.0964. The summed E-state index contributed by atoms with van der Waals surface area (Å²) < 4.78 is 26.3. The highest BCUT2D eigenvalue weighted by molar-refractivity contribution is 5.96. The van der Waals surface area contributed by atoms with E-state index in [1.165, 1.54) is 12.1 Å². The third-order valence-corrected chi connectivity index (χ3v) is 2.87. The van der Waals surface area contributed by atoms with Crippen LogP contribution in [0.3, 0.4) is 0 Å². The van der Waals surface area contributed by atoms with E-state index in [0.717, 1.165) is 25.5 Å². The fourth-order valence-electron chi connectivity index (χ4n) is 1.69. The molecule has 0 amide bonds. The summed E-state index contributed by atoms with van der Waals surface area (Å²) in [5.41, 5.74) is -0.154.